The maximum absolute atomic E-state index is 13.1. The zero-order chi connectivity index (χ0) is 24.3. The monoisotopic (exact) mass is 506 g/mol. The summed E-state index contributed by atoms with van der Waals surface area (Å²) < 4.78 is 27.6. The van der Waals surface area contributed by atoms with Gasteiger partial charge in [-0.1, -0.05) is 26.7 Å². The highest BCUT2D eigenvalue weighted by molar-refractivity contribution is 7.90. The molecule has 11 heteroatoms. The van der Waals surface area contributed by atoms with Gasteiger partial charge in [0.2, 0.25) is 11.9 Å². The molecule has 2 aliphatic rings. The Bertz CT molecular complexity index is 1090. The molecule has 4 rings (SSSR count). The van der Waals surface area contributed by atoms with Crippen molar-refractivity contribution < 1.29 is 13.2 Å². The average molecular weight is 507 g/mol. The number of nitrogens with one attached hydrogen (secondary N) is 1. The van der Waals surface area contributed by atoms with E-state index in [1.807, 2.05) is 4.90 Å². The van der Waals surface area contributed by atoms with Crippen LogP contribution >= 0.6 is 11.5 Å². The van der Waals surface area contributed by atoms with Crippen molar-refractivity contribution in [3.8, 4) is 0 Å². The molecule has 1 N–H and O–H groups in total. The number of rotatable bonds is 8. The lowest BCUT2D eigenvalue weighted by atomic mass is 9.95. The number of likely N-dealkylation sites (tertiary alicyclic amines) is 1. The van der Waals surface area contributed by atoms with Gasteiger partial charge in [0.1, 0.15) is 21.8 Å². The average Bonchev–Trinajstić information content (AvgIpc) is 3.33. The van der Waals surface area contributed by atoms with Crippen molar-refractivity contribution in [2.75, 3.05) is 18.1 Å². The summed E-state index contributed by atoms with van der Waals surface area (Å²) >= 11 is 1.53. The lowest BCUT2D eigenvalue weighted by molar-refractivity contribution is -0.130. The first-order valence-corrected chi connectivity index (χ1v) is 14.8. The van der Waals surface area contributed by atoms with Crippen molar-refractivity contribution in [3.63, 3.8) is 0 Å². The summed E-state index contributed by atoms with van der Waals surface area (Å²) in [4.78, 5) is 28.0. The van der Waals surface area contributed by atoms with E-state index in [2.05, 4.69) is 38.5 Å². The van der Waals surface area contributed by atoms with Crippen molar-refractivity contribution in [2.45, 2.75) is 88.1 Å². The molecule has 9 nitrogen and oxygen atoms in total. The highest BCUT2D eigenvalue weighted by Gasteiger charge is 2.37. The lowest BCUT2D eigenvalue weighted by Gasteiger charge is -2.27. The van der Waals surface area contributed by atoms with Gasteiger partial charge in [0, 0.05) is 31.2 Å². The van der Waals surface area contributed by atoms with Gasteiger partial charge in [-0.15, -0.1) is 0 Å². The number of nitrogens with zero attached hydrogens (tertiary/aromatic N) is 5. The van der Waals surface area contributed by atoms with Crippen LogP contribution in [0.15, 0.2) is 17.3 Å². The molecule has 1 aliphatic heterocycles. The summed E-state index contributed by atoms with van der Waals surface area (Å²) in [6.07, 6.45) is 12.1. The van der Waals surface area contributed by atoms with Crippen LogP contribution < -0.4 is 5.32 Å². The number of carbonyl (C=O) groups is 1. The smallest absolute Gasteiger partial charge is 0.245 e. The third-order valence-electron chi connectivity index (χ3n) is 6.86. The van der Waals surface area contributed by atoms with Crippen LogP contribution in [-0.2, 0) is 21.1 Å². The first kappa shape index (κ1) is 25.0. The van der Waals surface area contributed by atoms with Crippen molar-refractivity contribution in [3.05, 3.63) is 23.2 Å². The first-order valence-electron chi connectivity index (χ1n) is 12.1. The van der Waals surface area contributed by atoms with Crippen molar-refractivity contribution in [1.82, 2.24) is 24.2 Å². The van der Waals surface area contributed by atoms with E-state index in [9.17, 15) is 13.2 Å². The molecular weight excluding hydrogens is 472 g/mol. The van der Waals surface area contributed by atoms with E-state index in [0.717, 1.165) is 62.2 Å². The predicted octanol–water partition coefficient (Wildman–Crippen LogP) is 3.45. The number of hydrogen-bond acceptors (Lipinski definition) is 9. The zero-order valence-electron chi connectivity index (χ0n) is 20.1. The molecule has 0 radical (unpaired) electrons. The quantitative estimate of drug-likeness (QED) is 0.541. The molecule has 3 atom stereocenters. The minimum atomic E-state index is -3.35. The van der Waals surface area contributed by atoms with Crippen LogP contribution in [0, 0.1) is 5.92 Å². The highest BCUT2D eigenvalue weighted by atomic mass is 32.2. The van der Waals surface area contributed by atoms with Gasteiger partial charge in [0.05, 0.1) is 12.4 Å². The zero-order valence-corrected chi connectivity index (χ0v) is 21.7. The van der Waals surface area contributed by atoms with E-state index in [-0.39, 0.29) is 28.8 Å². The van der Waals surface area contributed by atoms with Crippen LogP contribution in [0.4, 0.5) is 5.95 Å². The Labute approximate surface area is 205 Å². The largest absolute Gasteiger partial charge is 0.342 e. The minimum Gasteiger partial charge on any atom is -0.342 e. The molecule has 0 spiro atoms. The Morgan fingerprint density at radius 1 is 1.15 bits per heavy atom. The van der Waals surface area contributed by atoms with E-state index in [1.54, 1.807) is 0 Å². The van der Waals surface area contributed by atoms with E-state index in [4.69, 9.17) is 0 Å². The highest BCUT2D eigenvalue weighted by Crippen LogP contribution is 2.32. The molecule has 0 bridgehead atoms. The van der Waals surface area contributed by atoms with Crippen molar-refractivity contribution in [2.24, 2.45) is 5.92 Å². The summed E-state index contributed by atoms with van der Waals surface area (Å²) in [7, 11) is -3.35. The van der Waals surface area contributed by atoms with E-state index < -0.39 is 9.84 Å². The maximum atomic E-state index is 13.1. The van der Waals surface area contributed by atoms with Crippen LogP contribution in [-0.4, -0.2) is 63.4 Å². The van der Waals surface area contributed by atoms with Gasteiger partial charge in [-0.3, -0.25) is 4.79 Å². The standard InChI is InChI=1S/C23H34N6O3S2/c1-15(2)21-27-20(33-28-21)10-8-16-5-4-6-17(9-7-16)29-12-11-19(22(29)30)26-23-24-13-18(14-25-23)34(3,31)32/h13-17,19H,4-12H2,1-3H3,(H,24,25,26)/t16?,17?,19-/m0/s1. The molecule has 2 fully saturated rings. The molecule has 1 saturated carbocycles. The van der Waals surface area contributed by atoms with Gasteiger partial charge in [-0.25, -0.2) is 23.4 Å². The topological polar surface area (TPSA) is 118 Å². The molecule has 3 heterocycles. The second-order valence-corrected chi connectivity index (χ2v) is 12.7. The van der Waals surface area contributed by atoms with Gasteiger partial charge in [0.15, 0.2) is 9.84 Å². The second-order valence-electron chi connectivity index (χ2n) is 9.80. The number of anilines is 1. The molecule has 0 aromatic carbocycles. The number of hydrogen-bond donors (Lipinski definition) is 1. The first-order chi connectivity index (χ1) is 16.2. The van der Waals surface area contributed by atoms with Crippen molar-refractivity contribution in [1.29, 1.82) is 0 Å². The minimum absolute atomic E-state index is 0.0666. The van der Waals surface area contributed by atoms with Crippen LogP contribution in [0.2, 0.25) is 0 Å². The van der Waals surface area contributed by atoms with Gasteiger partial charge in [0.25, 0.3) is 0 Å². The SMILES string of the molecule is CC(C)c1nsc(CCC2CCCC(N3CC[C@H](Nc4ncc(S(C)(=O)=O)cn4)C3=O)CC2)n1. The van der Waals surface area contributed by atoms with Gasteiger partial charge in [-0.05, 0) is 49.6 Å². The molecule has 1 saturated heterocycles. The maximum Gasteiger partial charge on any atom is 0.245 e. The normalized spacial score (nSPS) is 23.9. The fourth-order valence-electron chi connectivity index (χ4n) is 4.83. The Morgan fingerprint density at radius 2 is 1.91 bits per heavy atom. The predicted molar refractivity (Wildman–Crippen MR) is 132 cm³/mol. The number of aromatic nitrogens is 4. The molecule has 2 unspecified atom stereocenters. The van der Waals surface area contributed by atoms with E-state index in [0.29, 0.717) is 18.3 Å². The summed E-state index contributed by atoms with van der Waals surface area (Å²) in [6.45, 7) is 4.98. The van der Waals surface area contributed by atoms with Crippen LogP contribution in [0.3, 0.4) is 0 Å². The third kappa shape index (κ3) is 6.10. The Morgan fingerprint density at radius 3 is 2.59 bits per heavy atom. The molecule has 2 aromatic rings. The lowest BCUT2D eigenvalue weighted by Crippen LogP contribution is -2.40. The van der Waals surface area contributed by atoms with Gasteiger partial charge >= 0.3 is 0 Å². The van der Waals surface area contributed by atoms with Gasteiger partial charge in [-0.2, -0.15) is 4.37 Å². The van der Waals surface area contributed by atoms with Crippen molar-refractivity contribution >= 4 is 33.2 Å². The fraction of sp³-hybridized carbons (Fsp3) is 0.696. The molecule has 34 heavy (non-hydrogen) atoms. The molecule has 1 amide bonds. The fourth-order valence-corrected chi connectivity index (χ4v) is 6.11. The number of sulfone groups is 1. The Hall–Kier alpha value is -2.14. The van der Waals surface area contributed by atoms with Crippen LogP contribution in [0.1, 0.15) is 75.5 Å². The summed E-state index contributed by atoms with van der Waals surface area (Å²) in [5, 5.41) is 4.23. The number of amides is 1. The molecular formula is C23H34N6O3S2. The Balaban J connectivity index is 1.27. The number of carbonyl (C=O) groups excluding carboxylic acids is 1. The number of aryl methyl sites for hydroxylation is 1. The van der Waals surface area contributed by atoms with Crippen LogP contribution in [0.5, 0.6) is 0 Å². The summed E-state index contributed by atoms with van der Waals surface area (Å²) in [5.41, 5.74) is 0. The molecule has 1 aliphatic carbocycles. The third-order valence-corrected chi connectivity index (χ3v) is 8.72. The second kappa shape index (κ2) is 10.6. The Kier molecular flexibility index (Phi) is 7.81. The summed E-state index contributed by atoms with van der Waals surface area (Å²) in [5.74, 6) is 2.37. The van der Waals surface area contributed by atoms with Gasteiger partial charge < -0.3 is 10.2 Å². The molecule has 2 aromatic heterocycles. The molecule has 186 valence electrons. The van der Waals surface area contributed by atoms with Crippen LogP contribution in [0.25, 0.3) is 0 Å². The van der Waals surface area contributed by atoms with E-state index >= 15 is 0 Å². The summed E-state index contributed by atoms with van der Waals surface area (Å²) in [6, 6.07) is -0.0809. The van der Waals surface area contributed by atoms with E-state index in [1.165, 1.54) is 30.3 Å².